The molecule has 1 fully saturated rings. The van der Waals surface area contributed by atoms with Crippen molar-refractivity contribution in [2.24, 2.45) is 0 Å². The van der Waals surface area contributed by atoms with E-state index in [0.717, 1.165) is 24.1 Å². The monoisotopic (exact) mass is 466 g/mol. The van der Waals surface area contributed by atoms with Gasteiger partial charge in [0.15, 0.2) is 0 Å². The highest BCUT2D eigenvalue weighted by Crippen LogP contribution is 2.26. The molecule has 0 aliphatic carbocycles. The Labute approximate surface area is 194 Å². The summed E-state index contributed by atoms with van der Waals surface area (Å²) in [5.41, 5.74) is 1.62. The lowest BCUT2D eigenvalue weighted by molar-refractivity contribution is -0.150. The second-order valence-electron chi connectivity index (χ2n) is 7.80. The molecule has 0 amide bonds. The molecule has 1 unspecified atom stereocenters. The Morgan fingerprint density at radius 3 is 2.42 bits per heavy atom. The standard InChI is InChI=1S/C25H26N2O5S/c28-25(24-11-5-7-17-27(24)33(29,30)23-9-2-1-3-10-23)32-18-20-12-14-22(15-13-20)31-19-21-8-4-6-16-26-21/h1-4,6,8-10,12-16,24H,5,7,11,17-19H2. The van der Waals surface area contributed by atoms with Gasteiger partial charge in [-0.15, -0.1) is 0 Å². The third kappa shape index (κ3) is 5.77. The van der Waals surface area contributed by atoms with Gasteiger partial charge in [0.25, 0.3) is 0 Å². The number of rotatable bonds is 8. The van der Waals surface area contributed by atoms with Crippen LogP contribution < -0.4 is 4.74 Å². The lowest BCUT2D eigenvalue weighted by Gasteiger charge is -2.33. The number of aromatic nitrogens is 1. The van der Waals surface area contributed by atoms with Crippen molar-refractivity contribution < 1.29 is 22.7 Å². The molecule has 1 atom stereocenters. The van der Waals surface area contributed by atoms with Crippen LogP contribution in [0, 0.1) is 0 Å². The molecule has 1 aliphatic heterocycles. The summed E-state index contributed by atoms with van der Waals surface area (Å²) >= 11 is 0. The maximum absolute atomic E-state index is 13.1. The zero-order valence-electron chi connectivity index (χ0n) is 18.2. The zero-order valence-corrected chi connectivity index (χ0v) is 19.0. The molecule has 172 valence electrons. The van der Waals surface area contributed by atoms with Gasteiger partial charge in [0.2, 0.25) is 10.0 Å². The Balaban J connectivity index is 1.35. The molecule has 7 nitrogen and oxygen atoms in total. The molecule has 0 spiro atoms. The van der Waals surface area contributed by atoms with Crippen LogP contribution in [-0.2, 0) is 32.8 Å². The summed E-state index contributed by atoms with van der Waals surface area (Å²) in [4.78, 5) is 17.2. The number of sulfonamides is 1. The number of carbonyl (C=O) groups excluding carboxylic acids is 1. The smallest absolute Gasteiger partial charge is 0.324 e. The summed E-state index contributed by atoms with van der Waals surface area (Å²) in [6.45, 7) is 0.733. The van der Waals surface area contributed by atoms with E-state index < -0.39 is 22.0 Å². The molecule has 4 rings (SSSR count). The Hall–Kier alpha value is -3.23. The van der Waals surface area contributed by atoms with Gasteiger partial charge in [-0.2, -0.15) is 4.31 Å². The minimum atomic E-state index is -3.76. The minimum absolute atomic E-state index is 0.0646. The van der Waals surface area contributed by atoms with Gasteiger partial charge in [-0.05, 0) is 61.2 Å². The first-order valence-corrected chi connectivity index (χ1v) is 12.3. The first-order valence-electron chi connectivity index (χ1n) is 10.9. The molecule has 8 heteroatoms. The molecule has 0 bridgehead atoms. The van der Waals surface area contributed by atoms with Crippen LogP contribution in [0.4, 0.5) is 0 Å². The van der Waals surface area contributed by atoms with E-state index in [0.29, 0.717) is 25.3 Å². The van der Waals surface area contributed by atoms with Gasteiger partial charge in [0, 0.05) is 12.7 Å². The number of hydrogen-bond donors (Lipinski definition) is 0. The van der Waals surface area contributed by atoms with Crippen LogP contribution >= 0.6 is 0 Å². The molecule has 1 aliphatic rings. The topological polar surface area (TPSA) is 85.8 Å². The largest absolute Gasteiger partial charge is 0.487 e. The lowest BCUT2D eigenvalue weighted by Crippen LogP contribution is -2.48. The van der Waals surface area contributed by atoms with E-state index in [1.54, 1.807) is 48.7 Å². The molecule has 0 N–H and O–H groups in total. The third-order valence-electron chi connectivity index (χ3n) is 5.49. The third-order valence-corrected chi connectivity index (χ3v) is 7.42. The van der Waals surface area contributed by atoms with E-state index in [-0.39, 0.29) is 11.5 Å². The number of carbonyl (C=O) groups is 1. The second kappa shape index (κ2) is 10.6. The summed E-state index contributed by atoms with van der Waals surface area (Å²) in [7, 11) is -3.76. The predicted octanol–water partition coefficient (Wildman–Crippen LogP) is 3.95. The Kier molecular flexibility index (Phi) is 7.36. The van der Waals surface area contributed by atoms with Gasteiger partial charge in [-0.1, -0.05) is 36.4 Å². The predicted molar refractivity (Wildman–Crippen MR) is 123 cm³/mol. The lowest BCUT2D eigenvalue weighted by atomic mass is 10.1. The van der Waals surface area contributed by atoms with E-state index in [9.17, 15) is 13.2 Å². The van der Waals surface area contributed by atoms with Crippen LogP contribution in [0.2, 0.25) is 0 Å². The number of esters is 1. The molecular weight excluding hydrogens is 440 g/mol. The highest BCUT2D eigenvalue weighted by atomic mass is 32.2. The zero-order chi connectivity index (χ0) is 23.1. The maximum Gasteiger partial charge on any atom is 0.324 e. The van der Waals surface area contributed by atoms with E-state index in [2.05, 4.69) is 4.98 Å². The molecule has 2 aromatic carbocycles. The second-order valence-corrected chi connectivity index (χ2v) is 9.69. The van der Waals surface area contributed by atoms with Gasteiger partial charge in [-0.3, -0.25) is 9.78 Å². The van der Waals surface area contributed by atoms with Crippen molar-refractivity contribution in [3.05, 3.63) is 90.3 Å². The van der Waals surface area contributed by atoms with Crippen LogP contribution in [0.25, 0.3) is 0 Å². The summed E-state index contributed by atoms with van der Waals surface area (Å²) in [6.07, 6.45) is 3.67. The number of hydrogen-bond acceptors (Lipinski definition) is 6. The Morgan fingerprint density at radius 1 is 0.939 bits per heavy atom. The van der Waals surface area contributed by atoms with Crippen molar-refractivity contribution >= 4 is 16.0 Å². The SMILES string of the molecule is O=C(OCc1ccc(OCc2ccccn2)cc1)C1CCCCN1S(=O)(=O)c1ccccc1. The van der Waals surface area contributed by atoms with Crippen molar-refractivity contribution in [2.75, 3.05) is 6.54 Å². The maximum atomic E-state index is 13.1. The van der Waals surface area contributed by atoms with Crippen molar-refractivity contribution in [2.45, 2.75) is 43.4 Å². The number of piperidine rings is 1. The summed E-state index contributed by atoms with van der Waals surface area (Å²) in [6, 6.07) is 20.3. The summed E-state index contributed by atoms with van der Waals surface area (Å²) in [5, 5.41) is 0. The molecule has 33 heavy (non-hydrogen) atoms. The van der Waals surface area contributed by atoms with Gasteiger partial charge in [-0.25, -0.2) is 8.42 Å². The Bertz CT molecular complexity index is 1150. The van der Waals surface area contributed by atoms with Crippen LogP contribution in [0.1, 0.15) is 30.5 Å². The number of nitrogens with zero attached hydrogens (tertiary/aromatic N) is 2. The van der Waals surface area contributed by atoms with Crippen molar-refractivity contribution in [1.29, 1.82) is 0 Å². The first-order chi connectivity index (χ1) is 16.0. The van der Waals surface area contributed by atoms with Crippen molar-refractivity contribution in [1.82, 2.24) is 9.29 Å². The highest BCUT2D eigenvalue weighted by Gasteiger charge is 2.38. The van der Waals surface area contributed by atoms with Gasteiger partial charge in [0.1, 0.15) is 25.0 Å². The average Bonchev–Trinajstić information content (AvgIpc) is 2.88. The number of benzene rings is 2. The normalized spacial score (nSPS) is 16.8. The van der Waals surface area contributed by atoms with Crippen LogP contribution in [0.3, 0.4) is 0 Å². The molecule has 2 heterocycles. The molecule has 0 saturated carbocycles. The fraction of sp³-hybridized carbons (Fsp3) is 0.280. The van der Waals surface area contributed by atoms with Crippen LogP contribution in [-0.4, -0.2) is 36.3 Å². The van der Waals surface area contributed by atoms with E-state index >= 15 is 0 Å². The van der Waals surface area contributed by atoms with E-state index in [1.165, 1.54) is 4.31 Å². The number of pyridine rings is 1. The van der Waals surface area contributed by atoms with Crippen molar-refractivity contribution in [3.63, 3.8) is 0 Å². The number of ether oxygens (including phenoxy) is 2. The fourth-order valence-electron chi connectivity index (χ4n) is 3.73. The van der Waals surface area contributed by atoms with Crippen molar-refractivity contribution in [3.8, 4) is 5.75 Å². The quantitative estimate of drug-likeness (QED) is 0.468. The molecule has 3 aromatic rings. The molecular formula is C25H26N2O5S. The minimum Gasteiger partial charge on any atom is -0.487 e. The highest BCUT2D eigenvalue weighted by molar-refractivity contribution is 7.89. The molecule has 0 radical (unpaired) electrons. The van der Waals surface area contributed by atoms with Gasteiger partial charge < -0.3 is 9.47 Å². The molecule has 1 saturated heterocycles. The van der Waals surface area contributed by atoms with Gasteiger partial charge >= 0.3 is 5.97 Å². The first kappa shape index (κ1) is 22.9. The van der Waals surface area contributed by atoms with E-state index in [4.69, 9.17) is 9.47 Å². The fourth-order valence-corrected chi connectivity index (χ4v) is 5.40. The van der Waals surface area contributed by atoms with E-state index in [1.807, 2.05) is 30.3 Å². The van der Waals surface area contributed by atoms with Crippen LogP contribution in [0.5, 0.6) is 5.75 Å². The molecule has 1 aromatic heterocycles. The summed E-state index contributed by atoms with van der Waals surface area (Å²) < 4.78 is 38.7. The van der Waals surface area contributed by atoms with Gasteiger partial charge in [0.05, 0.1) is 10.6 Å². The average molecular weight is 467 g/mol. The summed E-state index contributed by atoms with van der Waals surface area (Å²) in [5.74, 6) is 0.160. The van der Waals surface area contributed by atoms with Crippen LogP contribution in [0.15, 0.2) is 83.9 Å². The Morgan fingerprint density at radius 2 is 1.70 bits per heavy atom.